The monoisotopic (exact) mass is 537 g/mol. The van der Waals surface area contributed by atoms with Crippen LogP contribution in [-0.2, 0) is 0 Å². The molecule has 204 valence electrons. The number of halogens is 2. The van der Waals surface area contributed by atoms with Gasteiger partial charge in [-0.15, -0.1) is 0 Å². The number of aliphatic imine (C=N–C) groups is 1. The van der Waals surface area contributed by atoms with E-state index in [0.29, 0.717) is 23.0 Å². The van der Waals surface area contributed by atoms with Gasteiger partial charge in [-0.1, -0.05) is 6.08 Å². The quantitative estimate of drug-likeness (QED) is 0.417. The van der Waals surface area contributed by atoms with Gasteiger partial charge in [0.25, 0.3) is 11.8 Å². The molecule has 4 rings (SSSR count). The summed E-state index contributed by atoms with van der Waals surface area (Å²) in [6.45, 7) is 7.75. The zero-order valence-electron chi connectivity index (χ0n) is 22.1. The van der Waals surface area contributed by atoms with E-state index in [2.05, 4.69) is 16.8 Å². The minimum atomic E-state index is -0.795. The van der Waals surface area contributed by atoms with Gasteiger partial charge in [0, 0.05) is 37.3 Å². The molecule has 1 atom stereocenters. The molecule has 1 saturated heterocycles. The summed E-state index contributed by atoms with van der Waals surface area (Å²) in [4.78, 5) is 33.4. The molecule has 1 aliphatic rings. The topological polar surface area (TPSA) is 89.3 Å². The largest absolute Gasteiger partial charge is 0.493 e. The number of allylic oxidation sites excluding steroid dienone is 1. The molecule has 2 aromatic carbocycles. The van der Waals surface area contributed by atoms with Gasteiger partial charge in [-0.3, -0.25) is 9.59 Å². The van der Waals surface area contributed by atoms with Crippen molar-refractivity contribution in [2.75, 3.05) is 33.9 Å². The van der Waals surface area contributed by atoms with Gasteiger partial charge in [-0.2, -0.15) is 5.10 Å². The summed E-state index contributed by atoms with van der Waals surface area (Å²) in [6.07, 6.45) is 1.83. The van der Waals surface area contributed by atoms with Gasteiger partial charge < -0.3 is 19.3 Å². The summed E-state index contributed by atoms with van der Waals surface area (Å²) in [7, 11) is 3.09. The zero-order valence-corrected chi connectivity index (χ0v) is 22.1. The molecule has 0 aliphatic carbocycles. The molecule has 11 heteroatoms. The van der Waals surface area contributed by atoms with Crippen LogP contribution in [0.5, 0.6) is 11.5 Å². The second-order valence-corrected chi connectivity index (χ2v) is 8.92. The van der Waals surface area contributed by atoms with Crippen LogP contribution in [0.2, 0.25) is 0 Å². The lowest BCUT2D eigenvalue weighted by Crippen LogP contribution is -2.55. The van der Waals surface area contributed by atoms with Gasteiger partial charge in [-0.25, -0.2) is 18.5 Å². The second kappa shape index (κ2) is 11.5. The molecule has 0 unspecified atom stereocenters. The molecule has 9 nitrogen and oxygen atoms in total. The van der Waals surface area contributed by atoms with Gasteiger partial charge in [0.15, 0.2) is 23.0 Å². The van der Waals surface area contributed by atoms with Crippen molar-refractivity contribution in [3.8, 4) is 11.5 Å². The van der Waals surface area contributed by atoms with Crippen LogP contribution in [0.25, 0.3) is 5.70 Å². The average Bonchev–Trinajstić information content (AvgIpc) is 3.37. The highest BCUT2D eigenvalue weighted by Crippen LogP contribution is 2.32. The number of hydrogen-bond acceptors (Lipinski definition) is 6. The summed E-state index contributed by atoms with van der Waals surface area (Å²) in [5.74, 6) is -0.996. The predicted octanol–water partition coefficient (Wildman–Crippen LogP) is 4.41. The average molecular weight is 538 g/mol. The molecule has 0 bridgehead atoms. The molecule has 2 amide bonds. The lowest BCUT2D eigenvalue weighted by atomic mass is 10.1. The van der Waals surface area contributed by atoms with E-state index in [1.807, 2.05) is 19.1 Å². The molecule has 3 aromatic rings. The third kappa shape index (κ3) is 5.38. The van der Waals surface area contributed by atoms with Crippen molar-refractivity contribution in [3.63, 3.8) is 0 Å². The fourth-order valence-corrected chi connectivity index (χ4v) is 4.59. The van der Waals surface area contributed by atoms with Crippen LogP contribution in [0.4, 0.5) is 14.6 Å². The van der Waals surface area contributed by atoms with Crippen molar-refractivity contribution in [3.05, 3.63) is 77.0 Å². The van der Waals surface area contributed by atoms with E-state index >= 15 is 0 Å². The lowest BCUT2D eigenvalue weighted by molar-refractivity contribution is 0.0408. The number of piperazine rings is 1. The number of amides is 2. The summed E-state index contributed by atoms with van der Waals surface area (Å²) in [6, 6.07) is 9.29. The summed E-state index contributed by atoms with van der Waals surface area (Å²) in [5, 5.41) is 4.53. The van der Waals surface area contributed by atoms with E-state index in [0.717, 1.165) is 23.8 Å². The molecule has 0 radical (unpaired) electrons. The van der Waals surface area contributed by atoms with Crippen LogP contribution >= 0.6 is 0 Å². The summed E-state index contributed by atoms with van der Waals surface area (Å²) >= 11 is 0. The van der Waals surface area contributed by atoms with Gasteiger partial charge in [0.2, 0.25) is 0 Å². The number of ether oxygens (including phenoxy) is 2. The molecule has 1 fully saturated rings. The molecule has 0 saturated carbocycles. The maximum Gasteiger partial charge on any atom is 0.274 e. The first kappa shape index (κ1) is 27.5. The van der Waals surface area contributed by atoms with Crippen molar-refractivity contribution in [1.82, 2.24) is 19.6 Å². The van der Waals surface area contributed by atoms with Crippen molar-refractivity contribution < 1.29 is 27.8 Å². The number of aromatic nitrogens is 2. The molecule has 1 aromatic heterocycles. The van der Waals surface area contributed by atoms with Crippen LogP contribution < -0.4 is 9.47 Å². The van der Waals surface area contributed by atoms with Crippen LogP contribution in [0, 0.1) is 11.6 Å². The van der Waals surface area contributed by atoms with E-state index in [1.165, 1.54) is 9.58 Å². The Morgan fingerprint density at radius 1 is 1.05 bits per heavy atom. The van der Waals surface area contributed by atoms with E-state index in [-0.39, 0.29) is 36.8 Å². The summed E-state index contributed by atoms with van der Waals surface area (Å²) < 4.78 is 40.1. The molecule has 2 heterocycles. The second-order valence-electron chi connectivity index (χ2n) is 8.92. The van der Waals surface area contributed by atoms with Crippen molar-refractivity contribution in [2.24, 2.45) is 4.99 Å². The highest BCUT2D eigenvalue weighted by molar-refractivity contribution is 5.96. The molecule has 1 aliphatic heterocycles. The van der Waals surface area contributed by atoms with Crippen LogP contribution in [-0.4, -0.2) is 78.0 Å². The molecule has 0 spiro atoms. The Balaban J connectivity index is 1.55. The van der Waals surface area contributed by atoms with Gasteiger partial charge >= 0.3 is 0 Å². The fourth-order valence-electron chi connectivity index (χ4n) is 4.59. The minimum Gasteiger partial charge on any atom is -0.493 e. The number of rotatable bonds is 7. The van der Waals surface area contributed by atoms with Crippen LogP contribution in [0.1, 0.15) is 40.3 Å². The van der Waals surface area contributed by atoms with Crippen molar-refractivity contribution >= 4 is 30.0 Å². The Labute approximate surface area is 224 Å². The molecular weight excluding hydrogens is 508 g/mol. The van der Waals surface area contributed by atoms with Crippen molar-refractivity contribution in [1.29, 1.82) is 0 Å². The number of methoxy groups -OCH3 is 2. The molecule has 39 heavy (non-hydrogen) atoms. The maximum absolute atomic E-state index is 14.2. The number of nitrogens with zero attached hydrogens (tertiary/aromatic N) is 5. The normalized spacial score (nSPS) is 15.7. The van der Waals surface area contributed by atoms with E-state index < -0.39 is 23.6 Å². The Bertz CT molecular complexity index is 1450. The van der Waals surface area contributed by atoms with E-state index in [4.69, 9.17) is 9.47 Å². The Kier molecular flexibility index (Phi) is 8.08. The van der Waals surface area contributed by atoms with Crippen LogP contribution in [0.15, 0.2) is 53.5 Å². The number of benzene rings is 2. The number of carbonyl (C=O) groups excluding carboxylic acids is 2. The Morgan fingerprint density at radius 2 is 1.79 bits per heavy atom. The predicted molar refractivity (Wildman–Crippen MR) is 143 cm³/mol. The Morgan fingerprint density at radius 3 is 2.44 bits per heavy atom. The smallest absolute Gasteiger partial charge is 0.274 e. The van der Waals surface area contributed by atoms with Gasteiger partial charge in [0.05, 0.1) is 25.5 Å². The van der Waals surface area contributed by atoms with Crippen LogP contribution in [0.3, 0.4) is 0 Å². The summed E-state index contributed by atoms with van der Waals surface area (Å²) in [5.41, 5.74) is 1.22. The highest BCUT2D eigenvalue weighted by Gasteiger charge is 2.33. The highest BCUT2D eigenvalue weighted by atomic mass is 19.1. The lowest BCUT2D eigenvalue weighted by Gasteiger charge is -2.39. The SMILES string of the molecule is C=Nc1cc(C(=O)N2CCN(C(=O)c3cc(F)ccc3F)[C@@H](C)C2)nn1/C(=C\C)c1ccc(OC)c(OC)c1. The zero-order chi connectivity index (χ0) is 28.3. The fraction of sp³-hybridized carbons (Fsp3) is 0.286. The number of hydrogen-bond donors (Lipinski definition) is 0. The maximum atomic E-state index is 14.2. The first-order valence-corrected chi connectivity index (χ1v) is 12.2. The Hall–Kier alpha value is -4.54. The van der Waals surface area contributed by atoms with E-state index in [9.17, 15) is 18.4 Å². The third-order valence-electron chi connectivity index (χ3n) is 6.59. The standard InChI is InChI=1S/C28H29F2N5O4/c1-6-23(18-7-10-24(38-4)25(13-18)39-5)35-26(31-3)15-22(32-35)28(37)33-11-12-34(17(2)16-33)27(36)20-14-19(29)8-9-21(20)30/h6-10,13-15,17H,3,11-12,16H2,1-2,4-5H3/b23-6-/t17-/m0/s1. The molecular formula is C28H29F2N5O4. The van der Waals surface area contributed by atoms with E-state index in [1.54, 1.807) is 44.2 Å². The van der Waals surface area contributed by atoms with Gasteiger partial charge in [-0.05, 0) is 57.0 Å². The molecule has 0 N–H and O–H groups in total. The third-order valence-corrected chi connectivity index (χ3v) is 6.59. The number of carbonyl (C=O) groups is 2. The van der Waals surface area contributed by atoms with Gasteiger partial charge in [0.1, 0.15) is 11.6 Å². The van der Waals surface area contributed by atoms with Crippen molar-refractivity contribution in [2.45, 2.75) is 19.9 Å². The first-order valence-electron chi connectivity index (χ1n) is 12.2. The first-order chi connectivity index (χ1) is 18.7. The minimum absolute atomic E-state index is 0.153.